The average Bonchev–Trinajstić information content (AvgIpc) is 2.30. The van der Waals surface area contributed by atoms with Crippen molar-refractivity contribution < 1.29 is 9.18 Å². The molecule has 0 spiro atoms. The van der Waals surface area contributed by atoms with Gasteiger partial charge >= 0.3 is 0 Å². The van der Waals surface area contributed by atoms with E-state index in [1.807, 2.05) is 36.4 Å². The van der Waals surface area contributed by atoms with Gasteiger partial charge in [0.1, 0.15) is 5.82 Å². The van der Waals surface area contributed by atoms with Gasteiger partial charge in [0, 0.05) is 3.57 Å². The van der Waals surface area contributed by atoms with Crippen LogP contribution in [0.4, 0.5) is 10.1 Å². The minimum absolute atomic E-state index is 0.119. The van der Waals surface area contributed by atoms with Gasteiger partial charge in [-0.1, -0.05) is 20.3 Å². The maximum absolute atomic E-state index is 12.9. The first-order valence-electron chi connectivity index (χ1n) is 5.47. The molecule has 0 heterocycles. The van der Waals surface area contributed by atoms with Crippen LogP contribution < -0.4 is 11.1 Å². The topological polar surface area (TPSA) is 55.1 Å². The van der Waals surface area contributed by atoms with E-state index in [4.69, 9.17) is 5.73 Å². The van der Waals surface area contributed by atoms with Gasteiger partial charge < -0.3 is 11.1 Å². The molecule has 94 valence electrons. The lowest BCUT2D eigenvalue weighted by molar-refractivity contribution is -0.118. The molecule has 1 rings (SSSR count). The van der Waals surface area contributed by atoms with Crippen molar-refractivity contribution in [3.63, 3.8) is 0 Å². The number of hydrogen-bond acceptors (Lipinski definition) is 2. The van der Waals surface area contributed by atoms with E-state index in [1.165, 1.54) is 12.1 Å². The molecule has 1 aromatic rings. The normalized spacial score (nSPS) is 14.2. The fraction of sp³-hybridized carbons (Fsp3) is 0.417. The lowest BCUT2D eigenvalue weighted by Crippen LogP contribution is -2.40. The number of halogens is 2. The van der Waals surface area contributed by atoms with Crippen molar-refractivity contribution in [3.05, 3.63) is 27.6 Å². The van der Waals surface area contributed by atoms with E-state index >= 15 is 0 Å². The Labute approximate surface area is 114 Å². The van der Waals surface area contributed by atoms with Gasteiger partial charge in [0.15, 0.2) is 0 Å². The zero-order chi connectivity index (χ0) is 13.0. The third kappa shape index (κ3) is 3.92. The summed E-state index contributed by atoms with van der Waals surface area (Å²) in [5.41, 5.74) is 6.40. The van der Waals surface area contributed by atoms with Gasteiger partial charge in [-0.05, 0) is 46.7 Å². The van der Waals surface area contributed by atoms with Crippen molar-refractivity contribution in [3.8, 4) is 0 Å². The number of hydrogen-bond donors (Lipinski definition) is 2. The third-order valence-electron chi connectivity index (χ3n) is 2.75. The highest BCUT2D eigenvalue weighted by molar-refractivity contribution is 14.1. The number of nitrogens with two attached hydrogens (primary N) is 1. The average molecular weight is 350 g/mol. The highest BCUT2D eigenvalue weighted by Gasteiger charge is 2.19. The van der Waals surface area contributed by atoms with Gasteiger partial charge in [0.25, 0.3) is 0 Å². The van der Waals surface area contributed by atoms with Crippen molar-refractivity contribution in [1.82, 2.24) is 0 Å². The number of carbonyl (C=O) groups is 1. The van der Waals surface area contributed by atoms with E-state index in [0.717, 1.165) is 6.42 Å². The molecular weight excluding hydrogens is 334 g/mol. The van der Waals surface area contributed by atoms with Gasteiger partial charge in [0.2, 0.25) is 5.91 Å². The molecule has 0 aliphatic carbocycles. The van der Waals surface area contributed by atoms with E-state index in [-0.39, 0.29) is 17.6 Å². The first-order chi connectivity index (χ1) is 7.95. The fourth-order valence-electron chi connectivity index (χ4n) is 1.32. The molecule has 1 aromatic carbocycles. The van der Waals surface area contributed by atoms with Gasteiger partial charge in [-0.15, -0.1) is 0 Å². The molecule has 2 atom stereocenters. The van der Waals surface area contributed by atoms with E-state index in [2.05, 4.69) is 5.32 Å². The monoisotopic (exact) mass is 350 g/mol. The summed E-state index contributed by atoms with van der Waals surface area (Å²) in [7, 11) is 0. The second-order valence-electron chi connectivity index (χ2n) is 4.02. The Hall–Kier alpha value is -0.690. The second-order valence-corrected chi connectivity index (χ2v) is 5.19. The van der Waals surface area contributed by atoms with Crippen molar-refractivity contribution >= 4 is 34.2 Å². The maximum Gasteiger partial charge on any atom is 0.241 e. The summed E-state index contributed by atoms with van der Waals surface area (Å²) in [5.74, 6) is -0.435. The SMILES string of the molecule is CCC(C)C(N)C(=O)Nc1ccc(F)cc1I. The quantitative estimate of drug-likeness (QED) is 0.821. The highest BCUT2D eigenvalue weighted by atomic mass is 127. The van der Waals surface area contributed by atoms with Crippen LogP contribution >= 0.6 is 22.6 Å². The zero-order valence-electron chi connectivity index (χ0n) is 9.84. The summed E-state index contributed by atoms with van der Waals surface area (Å²) in [5, 5.41) is 2.71. The van der Waals surface area contributed by atoms with Crippen molar-refractivity contribution in [2.75, 3.05) is 5.32 Å². The van der Waals surface area contributed by atoms with Gasteiger partial charge in [0.05, 0.1) is 11.7 Å². The molecule has 0 aliphatic rings. The first-order valence-corrected chi connectivity index (χ1v) is 6.55. The number of nitrogens with one attached hydrogen (secondary N) is 1. The Kier molecular flexibility index (Phi) is 5.32. The van der Waals surface area contributed by atoms with E-state index in [0.29, 0.717) is 9.26 Å². The van der Waals surface area contributed by atoms with Crippen LogP contribution in [-0.2, 0) is 4.79 Å². The van der Waals surface area contributed by atoms with Crippen LogP contribution in [0.15, 0.2) is 18.2 Å². The highest BCUT2D eigenvalue weighted by Crippen LogP contribution is 2.19. The Bertz CT molecular complexity index is 411. The van der Waals surface area contributed by atoms with Crippen molar-refractivity contribution in [2.45, 2.75) is 26.3 Å². The number of anilines is 1. The smallest absolute Gasteiger partial charge is 0.241 e. The molecule has 0 saturated heterocycles. The van der Waals surface area contributed by atoms with Crippen molar-refractivity contribution in [2.24, 2.45) is 11.7 Å². The zero-order valence-corrected chi connectivity index (χ0v) is 12.0. The summed E-state index contributed by atoms with van der Waals surface area (Å²) in [6, 6.07) is 3.68. The molecule has 0 aliphatic heterocycles. The summed E-state index contributed by atoms with van der Waals surface area (Å²) in [4.78, 5) is 11.8. The van der Waals surface area contributed by atoms with Crippen molar-refractivity contribution in [1.29, 1.82) is 0 Å². The molecule has 17 heavy (non-hydrogen) atoms. The van der Waals surface area contributed by atoms with Gasteiger partial charge in [-0.2, -0.15) is 0 Å². The number of amides is 1. The molecule has 0 bridgehead atoms. The van der Waals surface area contributed by atoms with E-state index < -0.39 is 6.04 Å². The molecule has 0 aromatic heterocycles. The van der Waals surface area contributed by atoms with E-state index in [1.54, 1.807) is 6.07 Å². The molecule has 0 fully saturated rings. The van der Waals surface area contributed by atoms with Crippen LogP contribution in [-0.4, -0.2) is 11.9 Å². The maximum atomic E-state index is 12.9. The summed E-state index contributed by atoms with van der Waals surface area (Å²) in [6.07, 6.45) is 0.842. The van der Waals surface area contributed by atoms with Crippen LogP contribution in [0.5, 0.6) is 0 Å². The van der Waals surface area contributed by atoms with Crippen LogP contribution in [0.3, 0.4) is 0 Å². The van der Waals surface area contributed by atoms with Crippen LogP contribution in [0.25, 0.3) is 0 Å². The second kappa shape index (κ2) is 6.30. The summed E-state index contributed by atoms with van der Waals surface area (Å²) < 4.78 is 13.5. The molecular formula is C12H16FIN2O. The summed E-state index contributed by atoms with van der Waals surface area (Å²) in [6.45, 7) is 3.92. The molecule has 3 nitrogen and oxygen atoms in total. The van der Waals surface area contributed by atoms with Crippen LogP contribution in [0.1, 0.15) is 20.3 Å². The molecule has 0 saturated carbocycles. The first kappa shape index (κ1) is 14.4. The predicted octanol–water partition coefficient (Wildman–Crippen LogP) is 2.74. The molecule has 3 N–H and O–H groups in total. The third-order valence-corrected chi connectivity index (χ3v) is 3.64. The Morgan fingerprint density at radius 3 is 2.76 bits per heavy atom. The lowest BCUT2D eigenvalue weighted by Gasteiger charge is -2.18. The van der Waals surface area contributed by atoms with Gasteiger partial charge in [-0.25, -0.2) is 4.39 Å². The molecule has 1 amide bonds. The minimum atomic E-state index is -0.541. The standard InChI is InChI=1S/C12H16FIN2O/c1-3-7(2)11(15)12(17)16-10-5-4-8(13)6-9(10)14/h4-7,11H,3,15H2,1-2H3,(H,16,17). The Morgan fingerprint density at radius 2 is 2.24 bits per heavy atom. The lowest BCUT2D eigenvalue weighted by atomic mass is 9.99. The largest absolute Gasteiger partial charge is 0.324 e. The van der Waals surface area contributed by atoms with E-state index in [9.17, 15) is 9.18 Å². The molecule has 5 heteroatoms. The van der Waals surface area contributed by atoms with Crippen LogP contribution in [0.2, 0.25) is 0 Å². The Morgan fingerprint density at radius 1 is 1.59 bits per heavy atom. The molecule has 0 radical (unpaired) electrons. The minimum Gasteiger partial charge on any atom is -0.324 e. The number of benzene rings is 1. The predicted molar refractivity (Wildman–Crippen MR) is 75.2 cm³/mol. The Balaban J connectivity index is 2.74. The molecule has 2 unspecified atom stereocenters. The number of rotatable bonds is 4. The number of carbonyl (C=O) groups excluding carboxylic acids is 1. The fourth-order valence-corrected chi connectivity index (χ4v) is 1.93. The van der Waals surface area contributed by atoms with Gasteiger partial charge in [-0.3, -0.25) is 4.79 Å². The van der Waals surface area contributed by atoms with Crippen LogP contribution in [0, 0.1) is 15.3 Å². The summed E-state index contributed by atoms with van der Waals surface area (Å²) >= 11 is 1.97.